The van der Waals surface area contributed by atoms with Gasteiger partial charge in [-0.3, -0.25) is 4.79 Å². The highest BCUT2D eigenvalue weighted by Gasteiger charge is 2.25. The van der Waals surface area contributed by atoms with Gasteiger partial charge in [0.2, 0.25) is 0 Å². The molecule has 2 amide bonds. The van der Waals surface area contributed by atoms with Crippen molar-refractivity contribution in [3.05, 3.63) is 62.8 Å². The summed E-state index contributed by atoms with van der Waals surface area (Å²) in [5.41, 5.74) is 1.47. The molecule has 0 radical (unpaired) electrons. The van der Waals surface area contributed by atoms with Crippen LogP contribution in [0, 0.1) is 6.92 Å². The molecule has 1 saturated heterocycles. The molecule has 7 nitrogen and oxygen atoms in total. The van der Waals surface area contributed by atoms with Crippen molar-refractivity contribution >= 4 is 17.6 Å². The lowest BCUT2D eigenvalue weighted by molar-refractivity contribution is -0.0154. The van der Waals surface area contributed by atoms with Gasteiger partial charge < -0.3 is 19.9 Å². The van der Waals surface area contributed by atoms with Crippen LogP contribution in [0.2, 0.25) is 5.02 Å². The zero-order valence-corrected chi connectivity index (χ0v) is 15.3. The number of aryl methyl sites for hydroxylation is 1. The van der Waals surface area contributed by atoms with E-state index in [1.54, 1.807) is 11.8 Å². The number of carbonyl (C=O) groups is 1. The maximum Gasteiger partial charge on any atom is 0.317 e. The predicted octanol–water partition coefficient (Wildman–Crippen LogP) is 2.06. The molecule has 0 saturated carbocycles. The van der Waals surface area contributed by atoms with Crippen LogP contribution in [0.3, 0.4) is 0 Å². The Balaban J connectivity index is 1.52. The first kappa shape index (κ1) is 18.4. The van der Waals surface area contributed by atoms with E-state index in [1.165, 1.54) is 6.07 Å². The molecule has 0 bridgehead atoms. The molecule has 26 heavy (non-hydrogen) atoms. The Kier molecular flexibility index (Phi) is 5.90. The van der Waals surface area contributed by atoms with E-state index in [4.69, 9.17) is 16.3 Å². The lowest BCUT2D eigenvalue weighted by Gasteiger charge is -2.33. The fourth-order valence-corrected chi connectivity index (χ4v) is 3.00. The van der Waals surface area contributed by atoms with E-state index in [-0.39, 0.29) is 17.7 Å². The van der Waals surface area contributed by atoms with E-state index in [0.29, 0.717) is 49.2 Å². The third-order valence-electron chi connectivity index (χ3n) is 4.15. The number of aromatic nitrogens is 2. The number of H-pyrrole nitrogens is 1. The van der Waals surface area contributed by atoms with Gasteiger partial charge in [-0.2, -0.15) is 0 Å². The summed E-state index contributed by atoms with van der Waals surface area (Å²) < 4.78 is 5.77. The molecule has 1 aliphatic rings. The second-order valence-corrected chi connectivity index (χ2v) is 6.61. The molecule has 0 spiro atoms. The molecule has 8 heteroatoms. The average molecular weight is 377 g/mol. The maximum absolute atomic E-state index is 12.4. The van der Waals surface area contributed by atoms with Gasteiger partial charge in [-0.15, -0.1) is 0 Å². The number of hydrogen-bond donors (Lipinski definition) is 2. The Morgan fingerprint density at radius 1 is 1.42 bits per heavy atom. The molecule has 1 aromatic heterocycles. The number of halogens is 1. The molecule has 138 valence electrons. The van der Waals surface area contributed by atoms with Crippen molar-refractivity contribution in [1.82, 2.24) is 20.2 Å². The minimum absolute atomic E-state index is 0.151. The molecule has 1 aliphatic heterocycles. The third kappa shape index (κ3) is 4.83. The number of nitrogens with one attached hydrogen (secondary N) is 2. The first-order chi connectivity index (χ1) is 12.5. The number of urea groups is 1. The molecule has 1 fully saturated rings. The Labute approximate surface area is 156 Å². The monoisotopic (exact) mass is 376 g/mol. The highest BCUT2D eigenvalue weighted by molar-refractivity contribution is 6.30. The van der Waals surface area contributed by atoms with Crippen molar-refractivity contribution in [3.63, 3.8) is 0 Å². The van der Waals surface area contributed by atoms with Crippen LogP contribution < -0.4 is 10.9 Å². The van der Waals surface area contributed by atoms with Crippen molar-refractivity contribution < 1.29 is 9.53 Å². The number of carbonyl (C=O) groups excluding carboxylic acids is 1. The Bertz CT molecular complexity index is 822. The molecule has 0 aliphatic carbocycles. The zero-order chi connectivity index (χ0) is 18.5. The van der Waals surface area contributed by atoms with Crippen molar-refractivity contribution in [3.8, 4) is 0 Å². The van der Waals surface area contributed by atoms with Crippen molar-refractivity contribution in [1.29, 1.82) is 0 Å². The minimum Gasteiger partial charge on any atom is -0.370 e. The molecule has 3 rings (SSSR count). The number of amides is 2. The highest BCUT2D eigenvalue weighted by atomic mass is 35.5. The Morgan fingerprint density at radius 3 is 2.92 bits per heavy atom. The van der Waals surface area contributed by atoms with E-state index < -0.39 is 0 Å². The Hall–Kier alpha value is -2.38. The summed E-state index contributed by atoms with van der Waals surface area (Å²) in [6.07, 6.45) is 0.301. The van der Waals surface area contributed by atoms with Gasteiger partial charge >= 0.3 is 6.03 Å². The molecular formula is C18H21ClN4O3. The summed E-state index contributed by atoms with van der Waals surface area (Å²) in [5.74, 6) is 0.566. The van der Waals surface area contributed by atoms with Crippen LogP contribution in [0.5, 0.6) is 0 Å². The predicted molar refractivity (Wildman–Crippen MR) is 98.4 cm³/mol. The SMILES string of the molecule is Cc1cc(=O)[nH]c(CCNC(=O)N2CCO[C@H](c3ccc(Cl)cc3)C2)n1. The van der Waals surface area contributed by atoms with Gasteiger partial charge in [-0.1, -0.05) is 23.7 Å². The van der Waals surface area contributed by atoms with E-state index in [2.05, 4.69) is 15.3 Å². The fraction of sp³-hybridized carbons (Fsp3) is 0.389. The third-order valence-corrected chi connectivity index (χ3v) is 4.40. The van der Waals surface area contributed by atoms with Gasteiger partial charge in [-0.05, 0) is 24.6 Å². The average Bonchev–Trinajstić information content (AvgIpc) is 2.61. The first-order valence-electron chi connectivity index (χ1n) is 8.48. The Morgan fingerprint density at radius 2 is 2.19 bits per heavy atom. The van der Waals surface area contributed by atoms with E-state index in [0.717, 1.165) is 5.56 Å². The maximum atomic E-state index is 12.4. The molecule has 1 atom stereocenters. The lowest BCUT2D eigenvalue weighted by atomic mass is 10.1. The van der Waals surface area contributed by atoms with Crippen LogP contribution >= 0.6 is 11.6 Å². The fourth-order valence-electron chi connectivity index (χ4n) is 2.87. The van der Waals surface area contributed by atoms with Crippen LogP contribution in [0.15, 0.2) is 35.1 Å². The van der Waals surface area contributed by atoms with Crippen LogP contribution in [0.1, 0.15) is 23.2 Å². The topological polar surface area (TPSA) is 87.3 Å². The molecule has 2 N–H and O–H groups in total. The van der Waals surface area contributed by atoms with Gasteiger partial charge in [0.25, 0.3) is 5.56 Å². The summed E-state index contributed by atoms with van der Waals surface area (Å²) in [6, 6.07) is 8.74. The summed E-state index contributed by atoms with van der Waals surface area (Å²) >= 11 is 5.91. The smallest absolute Gasteiger partial charge is 0.317 e. The van der Waals surface area contributed by atoms with Gasteiger partial charge in [0, 0.05) is 36.3 Å². The van der Waals surface area contributed by atoms with Crippen LogP contribution in [0.25, 0.3) is 0 Å². The van der Waals surface area contributed by atoms with E-state index >= 15 is 0 Å². The largest absolute Gasteiger partial charge is 0.370 e. The first-order valence-corrected chi connectivity index (χ1v) is 8.86. The standard InChI is InChI=1S/C18H21ClN4O3/c1-12-10-17(24)22-16(21-12)6-7-20-18(25)23-8-9-26-15(11-23)13-2-4-14(19)5-3-13/h2-5,10,15H,6-9,11H2,1H3,(H,20,25)(H,21,22,24)/t15-/m0/s1. The number of benzene rings is 1. The molecule has 2 heterocycles. The number of rotatable bonds is 4. The van der Waals surface area contributed by atoms with Crippen LogP contribution in [-0.4, -0.2) is 47.1 Å². The lowest BCUT2D eigenvalue weighted by Crippen LogP contribution is -2.47. The van der Waals surface area contributed by atoms with Crippen LogP contribution in [-0.2, 0) is 11.2 Å². The number of hydrogen-bond acceptors (Lipinski definition) is 4. The van der Waals surface area contributed by atoms with Crippen molar-refractivity contribution in [2.45, 2.75) is 19.4 Å². The minimum atomic E-state index is -0.183. The molecule has 1 aromatic carbocycles. The van der Waals surface area contributed by atoms with Crippen LogP contribution in [0.4, 0.5) is 4.79 Å². The zero-order valence-electron chi connectivity index (χ0n) is 14.5. The van der Waals surface area contributed by atoms with Crippen molar-refractivity contribution in [2.75, 3.05) is 26.2 Å². The summed E-state index contributed by atoms with van der Waals surface area (Å²) in [5, 5.41) is 3.54. The van der Waals surface area contributed by atoms with Gasteiger partial charge in [0.15, 0.2) is 0 Å². The second-order valence-electron chi connectivity index (χ2n) is 6.17. The number of ether oxygens (including phenoxy) is 1. The summed E-state index contributed by atoms with van der Waals surface area (Å²) in [4.78, 5) is 32.5. The number of nitrogens with zero attached hydrogens (tertiary/aromatic N) is 2. The van der Waals surface area contributed by atoms with Crippen molar-refractivity contribution in [2.24, 2.45) is 0 Å². The van der Waals surface area contributed by atoms with Gasteiger partial charge in [0.05, 0.1) is 13.2 Å². The highest BCUT2D eigenvalue weighted by Crippen LogP contribution is 2.23. The van der Waals surface area contributed by atoms with E-state index in [1.807, 2.05) is 24.3 Å². The number of morpholine rings is 1. The molecule has 2 aromatic rings. The molecule has 0 unspecified atom stereocenters. The van der Waals surface area contributed by atoms with Gasteiger partial charge in [0.1, 0.15) is 11.9 Å². The molecular weight excluding hydrogens is 356 g/mol. The second kappa shape index (κ2) is 8.33. The number of aromatic amines is 1. The van der Waals surface area contributed by atoms with E-state index in [9.17, 15) is 9.59 Å². The normalized spacial score (nSPS) is 17.2. The summed E-state index contributed by atoms with van der Waals surface area (Å²) in [6.45, 7) is 3.66. The summed E-state index contributed by atoms with van der Waals surface area (Å²) in [7, 11) is 0. The quantitative estimate of drug-likeness (QED) is 0.855. The van der Waals surface area contributed by atoms with Gasteiger partial charge in [-0.25, -0.2) is 9.78 Å².